The van der Waals surface area contributed by atoms with Gasteiger partial charge in [0.05, 0.1) is 5.25 Å². The molecule has 1 rings (SSSR count). The fraction of sp³-hybridized carbons (Fsp3) is 0.875. The maximum absolute atomic E-state index is 11.4. The lowest BCUT2D eigenvalue weighted by Gasteiger charge is -2.38. The fourth-order valence-electron chi connectivity index (χ4n) is 1.11. The largest absolute Gasteiger partial charge is 0.444 e. The summed E-state index contributed by atoms with van der Waals surface area (Å²) in [5.74, 6) is 4.77. The highest BCUT2D eigenvalue weighted by atomic mass is 32.2. The van der Waals surface area contributed by atoms with Gasteiger partial charge in [0.2, 0.25) is 0 Å². The number of nitrogens with two attached hydrogens (primary N) is 1. The molecule has 0 saturated carbocycles. The van der Waals surface area contributed by atoms with Crippen LogP contribution in [0.5, 0.6) is 0 Å². The molecule has 15 heavy (non-hydrogen) atoms. The summed E-state index contributed by atoms with van der Waals surface area (Å²) in [6.45, 7) is 6.10. The molecule has 1 aliphatic heterocycles. The van der Waals surface area contributed by atoms with Crippen LogP contribution in [0.25, 0.3) is 0 Å². The first-order chi connectivity index (χ1) is 6.83. The topological polar surface area (TPSA) is 81.9 Å². The van der Waals surface area contributed by atoms with Gasteiger partial charge in [0.1, 0.15) is 5.60 Å². The van der Waals surface area contributed by atoms with Gasteiger partial charge in [-0.05, 0) is 20.8 Å². The number of nitrogens with zero attached hydrogens (tertiary/aromatic N) is 1. The average molecular weight is 236 g/mol. The summed E-state index contributed by atoms with van der Waals surface area (Å²) in [7, 11) is 0. The first-order valence-corrected chi connectivity index (χ1v) is 5.73. The SMILES string of the molecule is CC(C)(C)OC(=O)N1CC(S(=O)ON)C1. The molecule has 1 unspecified atom stereocenters. The van der Waals surface area contributed by atoms with Gasteiger partial charge in [0, 0.05) is 13.1 Å². The number of amides is 1. The van der Waals surface area contributed by atoms with Crippen molar-refractivity contribution in [3.8, 4) is 0 Å². The van der Waals surface area contributed by atoms with Crippen molar-refractivity contribution in [3.63, 3.8) is 0 Å². The normalized spacial score (nSPS) is 19.6. The third-order valence-electron chi connectivity index (χ3n) is 1.87. The molecule has 88 valence electrons. The zero-order valence-electron chi connectivity index (χ0n) is 9.06. The molecule has 1 saturated heterocycles. The number of ether oxygens (including phenoxy) is 1. The molecule has 0 aromatic carbocycles. The van der Waals surface area contributed by atoms with E-state index in [9.17, 15) is 9.00 Å². The van der Waals surface area contributed by atoms with Crippen molar-refractivity contribution < 1.29 is 18.0 Å². The minimum atomic E-state index is -1.52. The average Bonchev–Trinajstić information content (AvgIpc) is 1.97. The van der Waals surface area contributed by atoms with E-state index in [-0.39, 0.29) is 5.25 Å². The van der Waals surface area contributed by atoms with Gasteiger partial charge in [-0.15, -0.1) is 0 Å². The zero-order valence-corrected chi connectivity index (χ0v) is 9.87. The van der Waals surface area contributed by atoms with E-state index in [1.54, 1.807) is 20.8 Å². The fourth-order valence-corrected chi connectivity index (χ4v) is 1.87. The summed E-state index contributed by atoms with van der Waals surface area (Å²) in [5.41, 5.74) is -0.508. The highest BCUT2D eigenvalue weighted by Crippen LogP contribution is 2.18. The lowest BCUT2D eigenvalue weighted by molar-refractivity contribution is 0.0136. The molecule has 2 N–H and O–H groups in total. The van der Waals surface area contributed by atoms with Crippen molar-refractivity contribution in [1.82, 2.24) is 4.90 Å². The van der Waals surface area contributed by atoms with Gasteiger partial charge in [-0.3, -0.25) is 0 Å². The van der Waals surface area contributed by atoms with Crippen LogP contribution < -0.4 is 5.90 Å². The molecule has 0 aliphatic carbocycles. The van der Waals surface area contributed by atoms with Crippen molar-refractivity contribution in [2.24, 2.45) is 5.90 Å². The maximum atomic E-state index is 11.4. The van der Waals surface area contributed by atoms with E-state index in [0.717, 1.165) is 0 Å². The molecule has 1 heterocycles. The van der Waals surface area contributed by atoms with Crippen LogP contribution in [-0.2, 0) is 20.1 Å². The second-order valence-corrected chi connectivity index (χ2v) is 5.74. The van der Waals surface area contributed by atoms with Crippen molar-refractivity contribution in [1.29, 1.82) is 0 Å². The third kappa shape index (κ3) is 3.44. The van der Waals surface area contributed by atoms with E-state index >= 15 is 0 Å². The Bertz CT molecular complexity index is 270. The lowest BCUT2D eigenvalue weighted by Crippen LogP contribution is -2.56. The molecule has 1 atom stereocenters. The Morgan fingerprint density at radius 3 is 2.40 bits per heavy atom. The quantitative estimate of drug-likeness (QED) is 0.691. The smallest absolute Gasteiger partial charge is 0.410 e. The van der Waals surface area contributed by atoms with Crippen LogP contribution in [0.1, 0.15) is 20.8 Å². The van der Waals surface area contributed by atoms with Gasteiger partial charge >= 0.3 is 6.09 Å². The van der Waals surface area contributed by atoms with Crippen LogP contribution in [0.2, 0.25) is 0 Å². The van der Waals surface area contributed by atoms with Gasteiger partial charge in [0.15, 0.2) is 11.1 Å². The minimum Gasteiger partial charge on any atom is -0.444 e. The van der Waals surface area contributed by atoms with E-state index in [2.05, 4.69) is 4.28 Å². The summed E-state index contributed by atoms with van der Waals surface area (Å²) in [5, 5.41) is -0.206. The van der Waals surface area contributed by atoms with Crippen molar-refractivity contribution in [2.45, 2.75) is 31.6 Å². The zero-order chi connectivity index (χ0) is 11.6. The number of likely N-dealkylation sites (tertiary alicyclic amines) is 1. The number of rotatable bonds is 2. The Morgan fingerprint density at radius 2 is 2.00 bits per heavy atom. The predicted octanol–water partition coefficient (Wildman–Crippen LogP) is 0.160. The second kappa shape index (κ2) is 4.46. The Labute approximate surface area is 91.3 Å². The number of hydrogen-bond donors (Lipinski definition) is 1. The molecule has 1 amide bonds. The minimum absolute atomic E-state index is 0.206. The molecule has 0 aromatic rings. The van der Waals surface area contributed by atoms with E-state index in [1.807, 2.05) is 0 Å². The van der Waals surface area contributed by atoms with Crippen LogP contribution in [-0.4, -0.2) is 39.1 Å². The molecule has 6 nitrogen and oxygen atoms in total. The molecule has 1 aliphatic rings. The molecule has 7 heteroatoms. The van der Waals surface area contributed by atoms with Gasteiger partial charge in [0.25, 0.3) is 0 Å². The van der Waals surface area contributed by atoms with Crippen LogP contribution in [0, 0.1) is 0 Å². The Kier molecular flexibility index (Phi) is 3.69. The molecule has 0 spiro atoms. The predicted molar refractivity (Wildman–Crippen MR) is 55.0 cm³/mol. The summed E-state index contributed by atoms with van der Waals surface area (Å²) in [6, 6.07) is 0. The van der Waals surface area contributed by atoms with Gasteiger partial charge in [-0.25, -0.2) is 13.3 Å². The third-order valence-corrected chi connectivity index (χ3v) is 2.90. The molecule has 1 fully saturated rings. The molecule has 0 radical (unpaired) electrons. The van der Waals surface area contributed by atoms with Crippen LogP contribution in [0.15, 0.2) is 0 Å². The monoisotopic (exact) mass is 236 g/mol. The molecule has 0 aromatic heterocycles. The van der Waals surface area contributed by atoms with Crippen molar-refractivity contribution in [2.75, 3.05) is 13.1 Å². The van der Waals surface area contributed by atoms with Crippen LogP contribution >= 0.6 is 0 Å². The van der Waals surface area contributed by atoms with Gasteiger partial charge < -0.3 is 9.64 Å². The summed E-state index contributed by atoms with van der Waals surface area (Å²) in [6.07, 6.45) is -0.396. The lowest BCUT2D eigenvalue weighted by atomic mass is 10.2. The van der Waals surface area contributed by atoms with E-state index in [1.165, 1.54) is 4.90 Å². The molecule has 0 bridgehead atoms. The Hall–Kier alpha value is -0.660. The van der Waals surface area contributed by atoms with E-state index < -0.39 is 22.8 Å². The maximum Gasteiger partial charge on any atom is 0.410 e. The highest BCUT2D eigenvalue weighted by molar-refractivity contribution is 7.80. The van der Waals surface area contributed by atoms with Crippen LogP contribution in [0.3, 0.4) is 0 Å². The Balaban J connectivity index is 2.33. The first-order valence-electron chi connectivity index (χ1n) is 4.59. The van der Waals surface area contributed by atoms with Crippen LogP contribution in [0.4, 0.5) is 4.79 Å². The van der Waals surface area contributed by atoms with Crippen molar-refractivity contribution >= 4 is 17.2 Å². The van der Waals surface area contributed by atoms with E-state index in [0.29, 0.717) is 13.1 Å². The van der Waals surface area contributed by atoms with E-state index in [4.69, 9.17) is 10.6 Å². The van der Waals surface area contributed by atoms with Gasteiger partial charge in [-0.1, -0.05) is 0 Å². The molecular formula is C8H16N2O4S. The summed E-state index contributed by atoms with van der Waals surface area (Å²) < 4.78 is 20.3. The summed E-state index contributed by atoms with van der Waals surface area (Å²) >= 11 is -1.52. The van der Waals surface area contributed by atoms with Gasteiger partial charge in [-0.2, -0.15) is 5.90 Å². The Morgan fingerprint density at radius 1 is 1.47 bits per heavy atom. The number of carbonyl (C=O) groups excluding carboxylic acids is 1. The second-order valence-electron chi connectivity index (χ2n) is 4.36. The summed E-state index contributed by atoms with van der Waals surface area (Å²) in [4.78, 5) is 12.9. The van der Waals surface area contributed by atoms with Crippen molar-refractivity contribution in [3.05, 3.63) is 0 Å². The standard InChI is InChI=1S/C8H16N2O4S/c1-8(2,3)13-7(11)10-4-6(5-10)15(12)14-9/h6H,4-5,9H2,1-3H3. The first kappa shape index (κ1) is 12.4. The number of hydrogen-bond acceptors (Lipinski definition) is 5. The molecular weight excluding hydrogens is 220 g/mol. The highest BCUT2D eigenvalue weighted by Gasteiger charge is 2.37. The number of carbonyl (C=O) groups is 1.